The van der Waals surface area contributed by atoms with E-state index in [1.54, 1.807) is 18.2 Å². The third-order valence-electron chi connectivity index (χ3n) is 2.40. The lowest BCUT2D eigenvalue weighted by Crippen LogP contribution is -2.26. The number of aliphatic imine (C=N–C) groups is 2. The van der Waals surface area contributed by atoms with Crippen LogP contribution in [0.4, 0.5) is 11.4 Å². The standard InChI is InChI=1S/C13H20N6O3/c1-3-22-8-4-5-9(17-11(21)7(2)20)10(6-8)18-13(16)19-12(14)15/h4-7,20H,3H2,1-2H3,(H,17,21)(H6,14,15,16,18,19). The molecule has 0 aliphatic carbocycles. The minimum Gasteiger partial charge on any atom is -0.494 e. The topological polar surface area (TPSA) is 161 Å². The molecule has 0 saturated heterocycles. The lowest BCUT2D eigenvalue weighted by atomic mass is 10.2. The molecule has 8 N–H and O–H groups in total. The van der Waals surface area contributed by atoms with Gasteiger partial charge in [-0.05, 0) is 26.0 Å². The van der Waals surface area contributed by atoms with E-state index < -0.39 is 12.0 Å². The van der Waals surface area contributed by atoms with Crippen molar-refractivity contribution in [2.24, 2.45) is 27.2 Å². The van der Waals surface area contributed by atoms with Gasteiger partial charge >= 0.3 is 0 Å². The third kappa shape index (κ3) is 5.29. The first-order valence-electron chi connectivity index (χ1n) is 6.53. The molecule has 1 unspecified atom stereocenters. The number of anilines is 1. The number of rotatable bonds is 5. The Balaban J connectivity index is 3.20. The van der Waals surface area contributed by atoms with Crippen molar-refractivity contribution in [2.75, 3.05) is 11.9 Å². The van der Waals surface area contributed by atoms with Gasteiger partial charge in [0.1, 0.15) is 11.9 Å². The van der Waals surface area contributed by atoms with Gasteiger partial charge in [0, 0.05) is 6.07 Å². The number of benzene rings is 1. The van der Waals surface area contributed by atoms with Gasteiger partial charge in [-0.1, -0.05) is 0 Å². The van der Waals surface area contributed by atoms with Crippen LogP contribution in [-0.2, 0) is 4.79 Å². The Morgan fingerprint density at radius 1 is 1.41 bits per heavy atom. The first kappa shape index (κ1) is 17.2. The van der Waals surface area contributed by atoms with Gasteiger partial charge in [0.2, 0.25) is 5.96 Å². The maximum Gasteiger partial charge on any atom is 0.252 e. The number of ether oxygens (including phenoxy) is 1. The molecule has 9 heteroatoms. The van der Waals surface area contributed by atoms with Crippen molar-refractivity contribution in [1.29, 1.82) is 0 Å². The summed E-state index contributed by atoms with van der Waals surface area (Å²) in [5, 5.41) is 11.8. The summed E-state index contributed by atoms with van der Waals surface area (Å²) in [5.41, 5.74) is 16.7. The van der Waals surface area contributed by atoms with Gasteiger partial charge < -0.3 is 32.4 Å². The molecule has 0 heterocycles. The molecule has 22 heavy (non-hydrogen) atoms. The number of nitrogens with one attached hydrogen (secondary N) is 1. The molecule has 0 saturated carbocycles. The van der Waals surface area contributed by atoms with Gasteiger partial charge in [-0.15, -0.1) is 0 Å². The maximum absolute atomic E-state index is 11.6. The van der Waals surface area contributed by atoms with Crippen LogP contribution >= 0.6 is 0 Å². The third-order valence-corrected chi connectivity index (χ3v) is 2.40. The molecule has 0 bridgehead atoms. The lowest BCUT2D eigenvalue weighted by Gasteiger charge is -2.12. The van der Waals surface area contributed by atoms with E-state index in [-0.39, 0.29) is 11.9 Å². The van der Waals surface area contributed by atoms with Crippen molar-refractivity contribution in [3.8, 4) is 5.75 Å². The van der Waals surface area contributed by atoms with Gasteiger partial charge in [-0.2, -0.15) is 4.99 Å². The highest BCUT2D eigenvalue weighted by molar-refractivity contribution is 5.98. The van der Waals surface area contributed by atoms with Crippen LogP contribution in [0.25, 0.3) is 0 Å². The molecule has 1 atom stereocenters. The fourth-order valence-corrected chi connectivity index (χ4v) is 1.48. The first-order chi connectivity index (χ1) is 10.3. The zero-order chi connectivity index (χ0) is 16.7. The molecule has 120 valence electrons. The van der Waals surface area contributed by atoms with E-state index in [1.165, 1.54) is 6.92 Å². The smallest absolute Gasteiger partial charge is 0.252 e. The summed E-state index contributed by atoms with van der Waals surface area (Å²) in [4.78, 5) is 19.2. The zero-order valence-electron chi connectivity index (χ0n) is 12.4. The second kappa shape index (κ2) is 7.84. The molecule has 1 rings (SSSR count). The number of aliphatic hydroxyl groups is 1. The number of nitrogens with two attached hydrogens (primary N) is 3. The fourth-order valence-electron chi connectivity index (χ4n) is 1.48. The SMILES string of the molecule is CCOc1ccc(NC(=O)C(C)O)c(N=C(N)N=C(N)N)c1. The fraction of sp³-hybridized carbons (Fsp3) is 0.308. The number of carbonyl (C=O) groups excluding carboxylic acids is 1. The quantitative estimate of drug-likeness (QED) is 0.368. The average molecular weight is 308 g/mol. The summed E-state index contributed by atoms with van der Waals surface area (Å²) in [7, 11) is 0. The van der Waals surface area contributed by atoms with Crippen LogP contribution in [0.1, 0.15) is 13.8 Å². The van der Waals surface area contributed by atoms with Crippen molar-refractivity contribution >= 4 is 29.2 Å². The minimum absolute atomic E-state index is 0.179. The molecule has 1 aromatic carbocycles. The molecule has 0 fully saturated rings. The summed E-state index contributed by atoms with van der Waals surface area (Å²) in [5.74, 6) is -0.465. The number of amides is 1. The van der Waals surface area contributed by atoms with Gasteiger partial charge in [0.05, 0.1) is 18.0 Å². The van der Waals surface area contributed by atoms with E-state index in [4.69, 9.17) is 21.9 Å². The van der Waals surface area contributed by atoms with Crippen LogP contribution in [0, 0.1) is 0 Å². The summed E-state index contributed by atoms with van der Waals surface area (Å²) in [6, 6.07) is 4.79. The molecule has 0 aliphatic rings. The lowest BCUT2D eigenvalue weighted by molar-refractivity contribution is -0.123. The Labute approximate surface area is 127 Å². The Morgan fingerprint density at radius 2 is 2.09 bits per heavy atom. The summed E-state index contributed by atoms with van der Waals surface area (Å²) in [6.07, 6.45) is -1.17. The largest absolute Gasteiger partial charge is 0.494 e. The minimum atomic E-state index is -1.17. The Bertz CT molecular complexity index is 593. The van der Waals surface area contributed by atoms with Crippen LogP contribution in [-0.4, -0.2) is 35.6 Å². The molecule has 1 amide bonds. The Morgan fingerprint density at radius 3 is 2.64 bits per heavy atom. The van der Waals surface area contributed by atoms with Gasteiger partial charge in [-0.25, -0.2) is 4.99 Å². The molecule has 1 aromatic rings. The van der Waals surface area contributed by atoms with Crippen molar-refractivity contribution in [1.82, 2.24) is 0 Å². The Hall–Kier alpha value is -2.81. The van der Waals surface area contributed by atoms with E-state index >= 15 is 0 Å². The van der Waals surface area contributed by atoms with Crippen LogP contribution in [0.3, 0.4) is 0 Å². The number of carbonyl (C=O) groups is 1. The van der Waals surface area contributed by atoms with Crippen molar-refractivity contribution in [3.05, 3.63) is 18.2 Å². The highest BCUT2D eigenvalue weighted by Gasteiger charge is 2.12. The van der Waals surface area contributed by atoms with Crippen molar-refractivity contribution in [2.45, 2.75) is 20.0 Å². The monoisotopic (exact) mass is 308 g/mol. The molecule has 0 aliphatic heterocycles. The first-order valence-corrected chi connectivity index (χ1v) is 6.53. The molecular weight excluding hydrogens is 288 g/mol. The Kier molecular flexibility index (Phi) is 6.14. The molecule has 0 radical (unpaired) electrons. The highest BCUT2D eigenvalue weighted by atomic mass is 16.5. The predicted molar refractivity (Wildman–Crippen MR) is 85.0 cm³/mol. The number of guanidine groups is 2. The van der Waals surface area contributed by atoms with E-state index in [0.29, 0.717) is 23.7 Å². The van der Waals surface area contributed by atoms with Crippen molar-refractivity contribution in [3.63, 3.8) is 0 Å². The number of hydrogen-bond acceptors (Lipinski definition) is 4. The molecule has 0 spiro atoms. The summed E-state index contributed by atoms with van der Waals surface area (Å²) >= 11 is 0. The summed E-state index contributed by atoms with van der Waals surface area (Å²) in [6.45, 7) is 3.65. The van der Waals surface area contributed by atoms with Crippen LogP contribution in [0.15, 0.2) is 28.2 Å². The van der Waals surface area contributed by atoms with Crippen LogP contribution < -0.4 is 27.3 Å². The van der Waals surface area contributed by atoms with Crippen molar-refractivity contribution < 1.29 is 14.6 Å². The second-order valence-corrected chi connectivity index (χ2v) is 4.28. The van der Waals surface area contributed by atoms with E-state index in [0.717, 1.165) is 0 Å². The number of aliphatic hydroxyl groups excluding tert-OH is 1. The highest BCUT2D eigenvalue weighted by Crippen LogP contribution is 2.30. The molecular formula is C13H20N6O3. The normalized spacial score (nSPS) is 12.4. The predicted octanol–water partition coefficient (Wildman–Crippen LogP) is -0.376. The second-order valence-electron chi connectivity index (χ2n) is 4.28. The number of nitrogens with zero attached hydrogens (tertiary/aromatic N) is 2. The zero-order valence-corrected chi connectivity index (χ0v) is 12.4. The maximum atomic E-state index is 11.6. The van der Waals surface area contributed by atoms with E-state index in [1.807, 2.05) is 6.92 Å². The summed E-state index contributed by atoms with van der Waals surface area (Å²) < 4.78 is 5.36. The van der Waals surface area contributed by atoms with E-state index in [9.17, 15) is 9.90 Å². The van der Waals surface area contributed by atoms with Gasteiger partial charge in [-0.3, -0.25) is 4.79 Å². The molecule has 0 aromatic heterocycles. The number of hydrogen-bond donors (Lipinski definition) is 5. The van der Waals surface area contributed by atoms with Crippen LogP contribution in [0.2, 0.25) is 0 Å². The van der Waals surface area contributed by atoms with E-state index in [2.05, 4.69) is 15.3 Å². The van der Waals surface area contributed by atoms with Gasteiger partial charge in [0.15, 0.2) is 5.96 Å². The van der Waals surface area contributed by atoms with Gasteiger partial charge in [0.25, 0.3) is 5.91 Å². The molecule has 9 nitrogen and oxygen atoms in total. The van der Waals surface area contributed by atoms with Crippen LogP contribution in [0.5, 0.6) is 5.75 Å². The average Bonchev–Trinajstić information content (AvgIpc) is 2.40.